The molecule has 0 unspecified atom stereocenters. The van der Waals surface area contributed by atoms with Crippen molar-refractivity contribution in [3.63, 3.8) is 0 Å². The van der Waals surface area contributed by atoms with Crippen LogP contribution >= 0.6 is 11.6 Å². The third kappa shape index (κ3) is 3.99. The molecule has 0 bridgehead atoms. The molecule has 7 heteroatoms. The van der Waals surface area contributed by atoms with Gasteiger partial charge in [-0.05, 0) is 61.4 Å². The minimum absolute atomic E-state index is 0.104. The highest BCUT2D eigenvalue weighted by Crippen LogP contribution is 2.34. The van der Waals surface area contributed by atoms with Crippen LogP contribution in [0.4, 0.5) is 4.39 Å². The fourth-order valence-corrected chi connectivity index (χ4v) is 4.22. The van der Waals surface area contributed by atoms with Gasteiger partial charge in [-0.2, -0.15) is 5.10 Å². The molecule has 2 heterocycles. The van der Waals surface area contributed by atoms with E-state index in [0.717, 1.165) is 29.3 Å². The third-order valence-corrected chi connectivity index (χ3v) is 6.03. The second-order valence-electron chi connectivity index (χ2n) is 7.81. The van der Waals surface area contributed by atoms with Crippen molar-refractivity contribution in [1.29, 1.82) is 0 Å². The lowest BCUT2D eigenvalue weighted by Crippen LogP contribution is -2.38. The largest absolute Gasteiger partial charge is 0.381 e. The molecule has 0 aliphatic carbocycles. The first-order valence-corrected chi connectivity index (χ1v) is 10.9. The molecule has 5 nitrogen and oxygen atoms in total. The lowest BCUT2D eigenvalue weighted by molar-refractivity contribution is 0.0696. The number of hydrogen-bond donors (Lipinski definition) is 1. The highest BCUT2D eigenvalue weighted by atomic mass is 35.5. The molecule has 1 fully saturated rings. The summed E-state index contributed by atoms with van der Waals surface area (Å²) in [4.78, 5) is 12.9. The minimum Gasteiger partial charge on any atom is -0.381 e. The molecule has 4 aromatic rings. The second kappa shape index (κ2) is 8.73. The molecule has 1 aliphatic heterocycles. The Hall–Kier alpha value is -3.22. The predicted octanol–water partition coefficient (Wildman–Crippen LogP) is 5.39. The zero-order valence-electron chi connectivity index (χ0n) is 17.2. The lowest BCUT2D eigenvalue weighted by Gasteiger charge is -2.23. The molecule has 1 N–H and O–H groups in total. The molecule has 0 spiro atoms. The number of hydrogen-bond acceptors (Lipinski definition) is 3. The van der Waals surface area contributed by atoms with Crippen molar-refractivity contribution in [2.45, 2.75) is 18.9 Å². The Morgan fingerprint density at radius 2 is 1.81 bits per heavy atom. The van der Waals surface area contributed by atoms with Crippen LogP contribution < -0.4 is 5.32 Å². The van der Waals surface area contributed by atoms with E-state index in [1.807, 2.05) is 36.4 Å². The molecule has 5 rings (SSSR count). The Morgan fingerprint density at radius 1 is 1.06 bits per heavy atom. The Kier molecular flexibility index (Phi) is 5.64. The summed E-state index contributed by atoms with van der Waals surface area (Å²) in [7, 11) is 0. The van der Waals surface area contributed by atoms with Gasteiger partial charge in [-0.25, -0.2) is 9.07 Å². The zero-order chi connectivity index (χ0) is 22.1. The van der Waals surface area contributed by atoms with E-state index in [4.69, 9.17) is 21.4 Å². The summed E-state index contributed by atoms with van der Waals surface area (Å²) in [5.74, 6) is -0.460. The van der Waals surface area contributed by atoms with Gasteiger partial charge < -0.3 is 10.1 Å². The van der Waals surface area contributed by atoms with Gasteiger partial charge in [0, 0.05) is 35.8 Å². The van der Waals surface area contributed by atoms with Gasteiger partial charge in [0.05, 0.1) is 16.2 Å². The number of aromatic nitrogens is 2. The first-order valence-electron chi connectivity index (χ1n) is 10.5. The summed E-state index contributed by atoms with van der Waals surface area (Å²) in [6.45, 7) is 1.31. The minimum atomic E-state index is -0.326. The van der Waals surface area contributed by atoms with E-state index in [2.05, 4.69) is 5.32 Å². The number of amides is 1. The van der Waals surface area contributed by atoms with Crippen LogP contribution in [0.1, 0.15) is 23.2 Å². The molecular formula is C25H21ClFN3O2. The lowest BCUT2D eigenvalue weighted by atomic mass is 10.0. The highest BCUT2D eigenvalue weighted by Gasteiger charge is 2.20. The van der Waals surface area contributed by atoms with Gasteiger partial charge in [-0.3, -0.25) is 4.79 Å². The van der Waals surface area contributed by atoms with Gasteiger partial charge in [-0.15, -0.1) is 0 Å². The molecule has 3 aromatic carbocycles. The Balaban J connectivity index is 1.61. The topological polar surface area (TPSA) is 56.1 Å². The summed E-state index contributed by atoms with van der Waals surface area (Å²) in [6, 6.07) is 19.2. The number of nitrogens with zero attached hydrogens (tertiary/aromatic N) is 2. The van der Waals surface area contributed by atoms with Crippen molar-refractivity contribution < 1.29 is 13.9 Å². The first-order chi connectivity index (χ1) is 15.6. The van der Waals surface area contributed by atoms with Crippen LogP contribution in [-0.4, -0.2) is 34.9 Å². The fourth-order valence-electron chi connectivity index (χ4n) is 4.00. The summed E-state index contributed by atoms with van der Waals surface area (Å²) >= 11 is 6.45. The maximum atomic E-state index is 13.5. The molecule has 1 aliphatic rings. The zero-order valence-corrected chi connectivity index (χ0v) is 18.0. The number of carbonyl (C=O) groups excluding carboxylic acids is 1. The van der Waals surface area contributed by atoms with Crippen molar-refractivity contribution >= 4 is 28.4 Å². The molecule has 0 atom stereocenters. The Bertz CT molecular complexity index is 1280. The number of ether oxygens (including phenoxy) is 1. The van der Waals surface area contributed by atoms with Gasteiger partial charge in [0.2, 0.25) is 0 Å². The van der Waals surface area contributed by atoms with Gasteiger partial charge in [0.1, 0.15) is 11.5 Å². The monoisotopic (exact) mass is 449 g/mol. The Labute approximate surface area is 189 Å². The van der Waals surface area contributed by atoms with Crippen molar-refractivity contribution in [1.82, 2.24) is 15.1 Å². The smallest absolute Gasteiger partial charge is 0.251 e. The summed E-state index contributed by atoms with van der Waals surface area (Å²) in [5.41, 5.74) is 3.46. The van der Waals surface area contributed by atoms with Crippen LogP contribution in [0.5, 0.6) is 0 Å². The molecule has 1 amide bonds. The number of nitrogens with one attached hydrogen (secondary N) is 1. The van der Waals surface area contributed by atoms with Crippen molar-refractivity contribution in [2.75, 3.05) is 13.2 Å². The summed E-state index contributed by atoms with van der Waals surface area (Å²) in [5, 5.41) is 9.33. The molecule has 32 heavy (non-hydrogen) atoms. The molecule has 0 saturated carbocycles. The summed E-state index contributed by atoms with van der Waals surface area (Å²) < 4.78 is 20.6. The van der Waals surface area contributed by atoms with E-state index in [-0.39, 0.29) is 17.8 Å². The molecular weight excluding hydrogens is 429 g/mol. The maximum absolute atomic E-state index is 13.5. The van der Waals surface area contributed by atoms with Gasteiger partial charge >= 0.3 is 0 Å². The maximum Gasteiger partial charge on any atom is 0.251 e. The van der Waals surface area contributed by atoms with E-state index in [1.165, 1.54) is 12.1 Å². The van der Waals surface area contributed by atoms with E-state index in [9.17, 15) is 9.18 Å². The Morgan fingerprint density at radius 3 is 2.56 bits per heavy atom. The SMILES string of the molecule is O=C(NC1CCOCC1)c1ccc2c(-c3ccccc3Cl)nn(-c3ccc(F)cc3)c2c1. The van der Waals surface area contributed by atoms with Crippen LogP contribution in [0.3, 0.4) is 0 Å². The van der Waals surface area contributed by atoms with Crippen molar-refractivity contribution in [3.8, 4) is 16.9 Å². The van der Waals surface area contributed by atoms with E-state index in [1.54, 1.807) is 22.9 Å². The quantitative estimate of drug-likeness (QED) is 0.454. The number of benzene rings is 3. The normalized spacial score (nSPS) is 14.6. The average molecular weight is 450 g/mol. The van der Waals surface area contributed by atoms with Crippen LogP contribution in [0.15, 0.2) is 66.7 Å². The summed E-state index contributed by atoms with van der Waals surface area (Å²) in [6.07, 6.45) is 1.61. The number of rotatable bonds is 4. The molecule has 1 saturated heterocycles. The number of fused-ring (bicyclic) bond motifs is 1. The van der Waals surface area contributed by atoms with E-state index in [0.29, 0.717) is 35.2 Å². The van der Waals surface area contributed by atoms with Gasteiger partial charge in [0.25, 0.3) is 5.91 Å². The fraction of sp³-hybridized carbons (Fsp3) is 0.200. The van der Waals surface area contributed by atoms with Crippen LogP contribution in [0.25, 0.3) is 27.8 Å². The standard InChI is InChI=1S/C25H21ClFN3O2/c26-22-4-2-1-3-20(22)24-21-10-5-16(25(31)28-18-11-13-32-14-12-18)15-23(21)30(29-24)19-8-6-17(27)7-9-19/h1-10,15,18H,11-14H2,(H,28,31). The van der Waals surface area contributed by atoms with E-state index < -0.39 is 0 Å². The van der Waals surface area contributed by atoms with E-state index >= 15 is 0 Å². The average Bonchev–Trinajstić information content (AvgIpc) is 3.19. The predicted molar refractivity (Wildman–Crippen MR) is 123 cm³/mol. The second-order valence-corrected chi connectivity index (χ2v) is 8.22. The molecule has 1 aromatic heterocycles. The number of carbonyl (C=O) groups is 1. The van der Waals surface area contributed by atoms with Gasteiger partial charge in [-0.1, -0.05) is 29.8 Å². The highest BCUT2D eigenvalue weighted by molar-refractivity contribution is 6.33. The van der Waals surface area contributed by atoms with Crippen molar-refractivity contribution in [3.05, 3.63) is 83.1 Å². The third-order valence-electron chi connectivity index (χ3n) is 5.70. The molecule has 162 valence electrons. The van der Waals surface area contributed by atoms with Gasteiger partial charge in [0.15, 0.2) is 0 Å². The van der Waals surface area contributed by atoms with Crippen LogP contribution in [0.2, 0.25) is 5.02 Å². The molecule has 0 radical (unpaired) electrons. The first kappa shape index (κ1) is 20.7. The number of halogens is 2. The van der Waals surface area contributed by atoms with Crippen molar-refractivity contribution in [2.24, 2.45) is 0 Å². The van der Waals surface area contributed by atoms with Crippen LogP contribution in [-0.2, 0) is 4.74 Å². The van der Waals surface area contributed by atoms with Crippen LogP contribution in [0, 0.1) is 5.82 Å².